The lowest BCUT2D eigenvalue weighted by Gasteiger charge is -2.30. The number of hydrogen-bond donors (Lipinski definition) is 0. The molecular weight excluding hydrogens is 226 g/mol. The van der Waals surface area contributed by atoms with Gasteiger partial charge in [0.1, 0.15) is 0 Å². The third kappa shape index (κ3) is 2.32. The normalized spacial score (nSPS) is 34.2. The number of carbonyl (C=O) groups is 2. The largest absolute Gasteiger partial charge is 0.277 e. The Morgan fingerprint density at radius 3 is 2.06 bits per heavy atom. The topological polar surface area (TPSA) is 37.4 Å². The van der Waals surface area contributed by atoms with Gasteiger partial charge in [-0.1, -0.05) is 19.8 Å². The first kappa shape index (κ1) is 13.6. The van der Waals surface area contributed by atoms with Gasteiger partial charge < -0.3 is 0 Å². The fraction of sp³-hybridized carbons (Fsp3) is 0.867. The van der Waals surface area contributed by atoms with E-state index < -0.39 is 0 Å². The molecule has 3 unspecified atom stereocenters. The molecule has 2 rings (SSSR count). The van der Waals surface area contributed by atoms with Gasteiger partial charge in [0, 0.05) is 5.54 Å². The van der Waals surface area contributed by atoms with Crippen molar-refractivity contribution in [3.8, 4) is 0 Å². The second kappa shape index (κ2) is 4.67. The molecule has 3 nitrogen and oxygen atoms in total. The van der Waals surface area contributed by atoms with Crippen molar-refractivity contribution in [3.63, 3.8) is 0 Å². The number of carbonyl (C=O) groups excluding carboxylic acids is 2. The molecule has 1 saturated heterocycles. The third-order valence-corrected chi connectivity index (χ3v) is 4.41. The molecule has 2 fully saturated rings. The monoisotopic (exact) mass is 251 g/mol. The molecule has 1 saturated carbocycles. The maximum Gasteiger partial charge on any atom is 0.233 e. The molecule has 0 bridgehead atoms. The SMILES string of the molecule is CC1CCCC2C(=O)N(C(C)(C)C)C(=O)C2CC1. The Labute approximate surface area is 110 Å². The minimum atomic E-state index is -0.374. The number of rotatable bonds is 0. The van der Waals surface area contributed by atoms with Crippen LogP contribution in [0.2, 0.25) is 0 Å². The molecule has 0 radical (unpaired) electrons. The van der Waals surface area contributed by atoms with Gasteiger partial charge in [-0.25, -0.2) is 0 Å². The van der Waals surface area contributed by atoms with Crippen LogP contribution in [0.5, 0.6) is 0 Å². The minimum absolute atomic E-state index is 0.0378. The Bertz CT molecular complexity index is 356. The molecule has 0 N–H and O–H groups in total. The molecule has 0 aromatic heterocycles. The molecule has 0 aromatic carbocycles. The predicted octanol–water partition coefficient (Wildman–Crippen LogP) is 2.99. The molecule has 1 aliphatic heterocycles. The van der Waals surface area contributed by atoms with Crippen molar-refractivity contribution in [2.75, 3.05) is 0 Å². The molecule has 3 atom stereocenters. The maximum atomic E-state index is 12.5. The Balaban J connectivity index is 2.23. The fourth-order valence-electron chi connectivity index (χ4n) is 3.39. The van der Waals surface area contributed by atoms with Crippen LogP contribution in [0.15, 0.2) is 0 Å². The van der Waals surface area contributed by atoms with Gasteiger partial charge in [-0.3, -0.25) is 14.5 Å². The summed E-state index contributed by atoms with van der Waals surface area (Å²) in [5.41, 5.74) is -0.374. The van der Waals surface area contributed by atoms with E-state index in [1.54, 1.807) is 0 Å². The van der Waals surface area contributed by atoms with Crippen molar-refractivity contribution >= 4 is 11.8 Å². The molecule has 0 spiro atoms. The standard InChI is InChI=1S/C15H25NO2/c1-10-6-5-7-11-12(9-8-10)14(18)16(13(11)17)15(2,3)4/h10-12H,5-9H2,1-4H3. The molecule has 2 aliphatic rings. The summed E-state index contributed by atoms with van der Waals surface area (Å²) in [6.45, 7) is 8.10. The lowest BCUT2D eigenvalue weighted by molar-refractivity contribution is -0.145. The lowest BCUT2D eigenvalue weighted by Crippen LogP contribution is -2.46. The highest BCUT2D eigenvalue weighted by Gasteiger charge is 2.50. The van der Waals surface area contributed by atoms with E-state index in [2.05, 4.69) is 6.92 Å². The Morgan fingerprint density at radius 2 is 1.50 bits per heavy atom. The average molecular weight is 251 g/mol. The lowest BCUT2D eigenvalue weighted by atomic mass is 9.80. The second-order valence-corrected chi connectivity index (χ2v) is 7.01. The Kier molecular flexibility index (Phi) is 3.52. The van der Waals surface area contributed by atoms with Crippen molar-refractivity contribution < 1.29 is 9.59 Å². The van der Waals surface area contributed by atoms with Crippen LogP contribution in [0.4, 0.5) is 0 Å². The van der Waals surface area contributed by atoms with Crippen LogP contribution in [-0.4, -0.2) is 22.3 Å². The molecule has 1 aliphatic carbocycles. The fourth-order valence-corrected chi connectivity index (χ4v) is 3.39. The van der Waals surface area contributed by atoms with Crippen LogP contribution < -0.4 is 0 Å². The van der Waals surface area contributed by atoms with Gasteiger partial charge in [0.15, 0.2) is 0 Å². The number of likely N-dealkylation sites (tertiary alicyclic amines) is 1. The first-order valence-electron chi connectivity index (χ1n) is 7.20. The zero-order chi connectivity index (χ0) is 13.5. The van der Waals surface area contributed by atoms with E-state index in [-0.39, 0.29) is 29.2 Å². The number of nitrogens with zero attached hydrogens (tertiary/aromatic N) is 1. The predicted molar refractivity (Wildman–Crippen MR) is 70.8 cm³/mol. The van der Waals surface area contributed by atoms with Crippen molar-refractivity contribution in [2.24, 2.45) is 17.8 Å². The van der Waals surface area contributed by atoms with E-state index in [1.807, 2.05) is 20.8 Å². The highest BCUT2D eigenvalue weighted by atomic mass is 16.2. The molecular formula is C15H25NO2. The molecule has 18 heavy (non-hydrogen) atoms. The van der Waals surface area contributed by atoms with Gasteiger partial charge in [-0.2, -0.15) is 0 Å². The quantitative estimate of drug-likeness (QED) is 0.621. The van der Waals surface area contributed by atoms with Crippen LogP contribution in [0.3, 0.4) is 0 Å². The van der Waals surface area contributed by atoms with E-state index in [1.165, 1.54) is 11.3 Å². The van der Waals surface area contributed by atoms with Crippen molar-refractivity contribution in [1.82, 2.24) is 4.90 Å². The van der Waals surface area contributed by atoms with E-state index in [4.69, 9.17) is 0 Å². The molecule has 0 aromatic rings. The smallest absolute Gasteiger partial charge is 0.233 e. The molecule has 2 amide bonds. The van der Waals surface area contributed by atoms with Crippen molar-refractivity contribution in [2.45, 2.75) is 65.3 Å². The number of hydrogen-bond acceptors (Lipinski definition) is 2. The average Bonchev–Trinajstić information content (AvgIpc) is 2.43. The summed E-state index contributed by atoms with van der Waals surface area (Å²) in [6.07, 6.45) is 5.15. The maximum absolute atomic E-state index is 12.5. The summed E-state index contributed by atoms with van der Waals surface area (Å²) >= 11 is 0. The second-order valence-electron chi connectivity index (χ2n) is 7.01. The van der Waals surface area contributed by atoms with Gasteiger partial charge in [0.05, 0.1) is 11.8 Å². The summed E-state index contributed by atoms with van der Waals surface area (Å²) in [7, 11) is 0. The summed E-state index contributed by atoms with van der Waals surface area (Å²) in [5, 5.41) is 0. The van der Waals surface area contributed by atoms with Crippen LogP contribution in [0.1, 0.15) is 59.8 Å². The van der Waals surface area contributed by atoms with Gasteiger partial charge in [-0.05, 0) is 46.0 Å². The molecule has 1 heterocycles. The van der Waals surface area contributed by atoms with Gasteiger partial charge in [-0.15, -0.1) is 0 Å². The van der Waals surface area contributed by atoms with Crippen molar-refractivity contribution in [3.05, 3.63) is 0 Å². The van der Waals surface area contributed by atoms with E-state index in [0.29, 0.717) is 5.92 Å². The van der Waals surface area contributed by atoms with Crippen LogP contribution in [0, 0.1) is 17.8 Å². The summed E-state index contributed by atoms with van der Waals surface area (Å²) in [5.74, 6) is 0.764. The first-order chi connectivity index (χ1) is 8.32. The van der Waals surface area contributed by atoms with E-state index in [9.17, 15) is 9.59 Å². The molecule has 102 valence electrons. The van der Waals surface area contributed by atoms with E-state index in [0.717, 1.165) is 25.7 Å². The van der Waals surface area contributed by atoms with Gasteiger partial charge >= 0.3 is 0 Å². The summed E-state index contributed by atoms with van der Waals surface area (Å²) in [6, 6.07) is 0. The highest BCUT2D eigenvalue weighted by Crippen LogP contribution is 2.40. The number of imide groups is 1. The number of amides is 2. The van der Waals surface area contributed by atoms with Crippen molar-refractivity contribution in [1.29, 1.82) is 0 Å². The third-order valence-electron chi connectivity index (χ3n) is 4.41. The van der Waals surface area contributed by atoms with Crippen LogP contribution in [0.25, 0.3) is 0 Å². The Morgan fingerprint density at radius 1 is 0.944 bits per heavy atom. The van der Waals surface area contributed by atoms with Gasteiger partial charge in [0.25, 0.3) is 0 Å². The number of fused-ring (bicyclic) bond motifs is 1. The first-order valence-corrected chi connectivity index (χ1v) is 7.20. The van der Waals surface area contributed by atoms with E-state index >= 15 is 0 Å². The zero-order valence-corrected chi connectivity index (χ0v) is 12.0. The summed E-state index contributed by atoms with van der Waals surface area (Å²) < 4.78 is 0. The minimum Gasteiger partial charge on any atom is -0.277 e. The van der Waals surface area contributed by atoms with Crippen LogP contribution >= 0.6 is 0 Å². The summed E-state index contributed by atoms with van der Waals surface area (Å²) in [4.78, 5) is 26.4. The zero-order valence-electron chi connectivity index (χ0n) is 12.0. The Hall–Kier alpha value is -0.860. The molecule has 3 heteroatoms. The van der Waals surface area contributed by atoms with Gasteiger partial charge in [0.2, 0.25) is 11.8 Å². The van der Waals surface area contributed by atoms with Crippen LogP contribution in [-0.2, 0) is 9.59 Å². The highest BCUT2D eigenvalue weighted by molar-refractivity contribution is 6.05.